The molecule has 1 fully saturated rings. The number of fused-ring (bicyclic) bond motifs is 2. The van der Waals surface area contributed by atoms with Gasteiger partial charge in [-0.05, 0) is 61.7 Å². The molecule has 35 heavy (non-hydrogen) atoms. The van der Waals surface area contributed by atoms with Crippen LogP contribution >= 0.6 is 0 Å². The first-order valence-corrected chi connectivity index (χ1v) is 12.5. The summed E-state index contributed by atoms with van der Waals surface area (Å²) in [5.41, 5.74) is 4.56. The van der Waals surface area contributed by atoms with E-state index in [4.69, 9.17) is 4.74 Å². The number of aromatic nitrogens is 3. The van der Waals surface area contributed by atoms with E-state index in [1.165, 1.54) is 28.1 Å². The molecule has 3 heterocycles. The van der Waals surface area contributed by atoms with E-state index in [0.29, 0.717) is 0 Å². The number of hydrogen-bond acceptors (Lipinski definition) is 3. The number of nitrogens with zero attached hydrogens (tertiary/aromatic N) is 3. The lowest BCUT2D eigenvalue weighted by Gasteiger charge is -2.35. The van der Waals surface area contributed by atoms with Crippen LogP contribution < -0.4 is 0 Å². The van der Waals surface area contributed by atoms with Crippen LogP contribution in [0.3, 0.4) is 0 Å². The molecule has 0 spiro atoms. The molecule has 0 atom stereocenters. The fraction of sp³-hybridized carbons (Fsp3) is 0.448. The zero-order chi connectivity index (χ0) is 25.5. The Bertz CT molecular complexity index is 1370. The van der Waals surface area contributed by atoms with Crippen molar-refractivity contribution >= 4 is 27.7 Å². The van der Waals surface area contributed by atoms with Crippen molar-refractivity contribution in [2.75, 3.05) is 13.2 Å². The molecular formula is C29H36FN3O2. The van der Waals surface area contributed by atoms with Crippen LogP contribution in [0.2, 0.25) is 0 Å². The smallest absolute Gasteiger partial charge is 0.252 e. The summed E-state index contributed by atoms with van der Waals surface area (Å²) < 4.78 is 23.2. The van der Waals surface area contributed by atoms with E-state index in [2.05, 4.69) is 35.6 Å². The number of aryl methyl sites for hydroxylation is 1. The Balaban J connectivity index is 0.00000141. The fourth-order valence-electron chi connectivity index (χ4n) is 5.08. The Morgan fingerprint density at radius 1 is 1.06 bits per heavy atom. The fourth-order valence-corrected chi connectivity index (χ4v) is 5.08. The van der Waals surface area contributed by atoms with Crippen LogP contribution in [0.5, 0.6) is 0 Å². The molecule has 0 N–H and O–H groups in total. The molecule has 0 aliphatic carbocycles. The minimum absolute atomic E-state index is 0.0379. The zero-order valence-corrected chi connectivity index (χ0v) is 21.9. The summed E-state index contributed by atoms with van der Waals surface area (Å²) >= 11 is 0. The lowest BCUT2D eigenvalue weighted by atomic mass is 9.77. The van der Waals surface area contributed by atoms with Gasteiger partial charge in [-0.2, -0.15) is 9.78 Å². The van der Waals surface area contributed by atoms with E-state index in [-0.39, 0.29) is 17.1 Å². The number of benzene rings is 2. The number of rotatable bonds is 2. The molecular weight excluding hydrogens is 441 g/mol. The van der Waals surface area contributed by atoms with Crippen molar-refractivity contribution in [1.82, 2.24) is 14.3 Å². The quantitative estimate of drug-likeness (QED) is 0.306. The summed E-state index contributed by atoms with van der Waals surface area (Å²) in [6.45, 7) is 15.6. The van der Waals surface area contributed by atoms with Gasteiger partial charge in [0.25, 0.3) is 5.91 Å². The van der Waals surface area contributed by atoms with Crippen molar-refractivity contribution in [1.29, 1.82) is 0 Å². The van der Waals surface area contributed by atoms with Crippen molar-refractivity contribution in [3.8, 4) is 5.69 Å². The minimum atomic E-state index is -0.538. The molecule has 1 aliphatic rings. The summed E-state index contributed by atoms with van der Waals surface area (Å²) in [6, 6.07) is 10.9. The molecule has 0 unspecified atom stereocenters. The van der Waals surface area contributed by atoms with Crippen LogP contribution in [0.25, 0.3) is 27.5 Å². The van der Waals surface area contributed by atoms with Gasteiger partial charge < -0.3 is 9.30 Å². The third kappa shape index (κ3) is 4.29. The van der Waals surface area contributed by atoms with Gasteiger partial charge in [-0.15, -0.1) is 0 Å². The van der Waals surface area contributed by atoms with Crippen molar-refractivity contribution in [2.24, 2.45) is 5.41 Å². The van der Waals surface area contributed by atoms with Gasteiger partial charge in [0.2, 0.25) is 0 Å². The second-order valence-corrected chi connectivity index (χ2v) is 10.5. The van der Waals surface area contributed by atoms with Gasteiger partial charge in [-0.3, -0.25) is 4.79 Å². The predicted octanol–water partition coefficient (Wildman–Crippen LogP) is 7.21. The molecule has 2 aromatic carbocycles. The predicted molar refractivity (Wildman–Crippen MR) is 140 cm³/mol. The van der Waals surface area contributed by atoms with Crippen LogP contribution in [0.1, 0.15) is 70.4 Å². The van der Waals surface area contributed by atoms with Crippen LogP contribution in [-0.4, -0.2) is 33.5 Å². The zero-order valence-electron chi connectivity index (χ0n) is 21.9. The van der Waals surface area contributed by atoms with Crippen molar-refractivity contribution in [3.63, 3.8) is 0 Å². The average Bonchev–Trinajstić information content (AvgIpc) is 3.37. The monoisotopic (exact) mass is 477 g/mol. The second kappa shape index (κ2) is 9.23. The van der Waals surface area contributed by atoms with Gasteiger partial charge >= 0.3 is 0 Å². The maximum absolute atomic E-state index is 13.8. The van der Waals surface area contributed by atoms with Gasteiger partial charge in [-0.25, -0.2) is 4.39 Å². The van der Waals surface area contributed by atoms with Gasteiger partial charge in [0.05, 0.1) is 17.2 Å². The summed E-state index contributed by atoms with van der Waals surface area (Å²) in [6.07, 6.45) is 3.59. The lowest BCUT2D eigenvalue weighted by molar-refractivity contribution is 0.0544. The highest BCUT2D eigenvalue weighted by Gasteiger charge is 2.36. The Kier molecular flexibility index (Phi) is 6.62. The first kappa shape index (κ1) is 25.1. The maximum atomic E-state index is 13.8. The first-order valence-electron chi connectivity index (χ1n) is 12.5. The Labute approximate surface area is 206 Å². The largest absolute Gasteiger partial charge is 0.381 e. The van der Waals surface area contributed by atoms with Crippen molar-refractivity contribution in [2.45, 2.75) is 66.7 Å². The van der Waals surface area contributed by atoms with E-state index in [1.807, 2.05) is 46.8 Å². The van der Waals surface area contributed by atoms with Crippen LogP contribution in [0.15, 0.2) is 42.6 Å². The Morgan fingerprint density at radius 2 is 1.69 bits per heavy atom. The van der Waals surface area contributed by atoms with E-state index in [9.17, 15) is 9.18 Å². The molecule has 1 saturated heterocycles. The highest BCUT2D eigenvalue weighted by Crippen LogP contribution is 2.43. The third-order valence-corrected chi connectivity index (χ3v) is 7.00. The molecule has 5 nitrogen and oxygen atoms in total. The number of carbonyl (C=O) groups excluding carboxylic acids is 1. The van der Waals surface area contributed by atoms with E-state index < -0.39 is 5.41 Å². The van der Waals surface area contributed by atoms with Crippen LogP contribution in [0, 0.1) is 18.2 Å². The van der Waals surface area contributed by atoms with Gasteiger partial charge in [0, 0.05) is 46.2 Å². The Morgan fingerprint density at radius 3 is 2.29 bits per heavy atom. The first-order chi connectivity index (χ1) is 16.6. The molecule has 4 aromatic rings. The maximum Gasteiger partial charge on any atom is 0.252 e. The highest BCUT2D eigenvalue weighted by atomic mass is 19.1. The van der Waals surface area contributed by atoms with Gasteiger partial charge in [0.15, 0.2) is 0 Å². The van der Waals surface area contributed by atoms with Gasteiger partial charge in [0.1, 0.15) is 5.82 Å². The SMILES string of the molecule is CC.Cc1c(C2(C)CCOCC2)n(-c2ccc(F)cc2)c2cc3cnn(C(=O)C(C)(C)C)c3cc12. The summed E-state index contributed by atoms with van der Waals surface area (Å²) in [4.78, 5) is 13.0. The highest BCUT2D eigenvalue weighted by molar-refractivity contribution is 6.02. The molecule has 0 amide bonds. The number of carbonyl (C=O) groups is 1. The molecule has 0 bridgehead atoms. The normalized spacial score (nSPS) is 15.8. The molecule has 186 valence electrons. The molecule has 0 saturated carbocycles. The number of ether oxygens (including phenoxy) is 1. The number of halogens is 1. The molecule has 6 heteroatoms. The van der Waals surface area contributed by atoms with E-state index >= 15 is 0 Å². The van der Waals surface area contributed by atoms with Crippen LogP contribution in [-0.2, 0) is 10.2 Å². The topological polar surface area (TPSA) is 49.0 Å². The van der Waals surface area contributed by atoms with Crippen molar-refractivity contribution < 1.29 is 13.9 Å². The van der Waals surface area contributed by atoms with Crippen molar-refractivity contribution in [3.05, 3.63) is 59.7 Å². The summed E-state index contributed by atoms with van der Waals surface area (Å²) in [5.74, 6) is -0.292. The average molecular weight is 478 g/mol. The van der Waals surface area contributed by atoms with Crippen LogP contribution in [0.4, 0.5) is 4.39 Å². The molecule has 0 radical (unpaired) electrons. The van der Waals surface area contributed by atoms with E-state index in [0.717, 1.165) is 53.5 Å². The van der Waals surface area contributed by atoms with E-state index in [1.54, 1.807) is 6.20 Å². The standard InChI is InChI=1S/C27H30FN3O2.C2H6/c1-17-21-15-22-18(16-29-31(22)25(32)26(2,3)4)14-23(21)30(20-8-6-19(28)7-9-20)24(17)27(5)10-12-33-13-11-27;1-2/h6-9,14-16H,10-13H2,1-5H3;1-2H3. The molecule has 5 rings (SSSR count). The molecule has 2 aromatic heterocycles. The number of hydrogen-bond donors (Lipinski definition) is 0. The third-order valence-electron chi connectivity index (χ3n) is 7.00. The summed E-state index contributed by atoms with van der Waals surface area (Å²) in [5, 5.41) is 6.41. The lowest BCUT2D eigenvalue weighted by Crippen LogP contribution is -2.33. The summed E-state index contributed by atoms with van der Waals surface area (Å²) in [7, 11) is 0. The van der Waals surface area contributed by atoms with Gasteiger partial charge in [-0.1, -0.05) is 41.5 Å². The Hall–Kier alpha value is -2.99. The minimum Gasteiger partial charge on any atom is -0.381 e. The second-order valence-electron chi connectivity index (χ2n) is 10.5. The molecule has 1 aliphatic heterocycles.